The summed E-state index contributed by atoms with van der Waals surface area (Å²) >= 11 is 0. The summed E-state index contributed by atoms with van der Waals surface area (Å²) < 4.78 is 8.93. The standard InChI is InChI=1S/C25H26N6O3/c1-15(2)31-14-27-29-24(31)19-5-4-6-23(28-19)30-10-9-17-11-22(34-3)20(12-18(17)25(30)33)26-13-21(32)16-7-8-16/h4-6,9-12,14-16,26H,7-8,13H2,1-3H3. The summed E-state index contributed by atoms with van der Waals surface area (Å²) in [4.78, 5) is 30.3. The zero-order valence-electron chi connectivity index (χ0n) is 19.4. The van der Waals surface area contributed by atoms with Gasteiger partial charge in [-0.1, -0.05) is 6.07 Å². The number of pyridine rings is 2. The summed E-state index contributed by atoms with van der Waals surface area (Å²) in [5.41, 5.74) is 1.03. The van der Waals surface area contributed by atoms with Crippen LogP contribution in [-0.2, 0) is 4.79 Å². The number of Topliss-reactive ketones (excluding diaryl/α,β-unsaturated/α-hetero) is 1. The first-order valence-electron chi connectivity index (χ1n) is 11.3. The van der Waals surface area contributed by atoms with Gasteiger partial charge in [-0.25, -0.2) is 4.98 Å². The highest BCUT2D eigenvalue weighted by molar-refractivity contribution is 5.91. The number of nitrogens with zero attached hydrogens (tertiary/aromatic N) is 5. The van der Waals surface area contributed by atoms with E-state index in [9.17, 15) is 9.59 Å². The number of carbonyl (C=O) groups excluding carboxylic acids is 1. The van der Waals surface area contributed by atoms with Crippen LogP contribution >= 0.6 is 0 Å². The minimum absolute atomic E-state index is 0.163. The van der Waals surface area contributed by atoms with Gasteiger partial charge in [-0.3, -0.25) is 14.2 Å². The maximum absolute atomic E-state index is 13.5. The van der Waals surface area contributed by atoms with Crippen LogP contribution in [0.4, 0.5) is 5.69 Å². The molecule has 0 aliphatic heterocycles. The Bertz CT molecular complexity index is 1430. The fourth-order valence-corrected chi connectivity index (χ4v) is 3.98. The molecule has 0 spiro atoms. The highest BCUT2D eigenvalue weighted by Crippen LogP contribution is 2.32. The molecule has 0 atom stereocenters. The Labute approximate surface area is 196 Å². The van der Waals surface area contributed by atoms with Gasteiger partial charge in [-0.05, 0) is 62.4 Å². The molecule has 1 aliphatic carbocycles. The van der Waals surface area contributed by atoms with Gasteiger partial charge in [0.1, 0.15) is 23.6 Å². The zero-order chi connectivity index (χ0) is 23.8. The fraction of sp³-hybridized carbons (Fsp3) is 0.320. The molecule has 9 nitrogen and oxygen atoms in total. The topological polar surface area (TPSA) is 104 Å². The molecule has 3 aromatic heterocycles. The van der Waals surface area contributed by atoms with E-state index in [4.69, 9.17) is 9.72 Å². The van der Waals surface area contributed by atoms with Crippen molar-refractivity contribution in [2.75, 3.05) is 19.0 Å². The largest absolute Gasteiger partial charge is 0.495 e. The lowest BCUT2D eigenvalue weighted by atomic mass is 10.1. The summed E-state index contributed by atoms with van der Waals surface area (Å²) in [7, 11) is 1.57. The molecule has 1 fully saturated rings. The third-order valence-corrected chi connectivity index (χ3v) is 6.05. The zero-order valence-corrected chi connectivity index (χ0v) is 19.4. The molecule has 0 unspecified atom stereocenters. The first-order valence-corrected chi connectivity index (χ1v) is 11.3. The molecule has 3 heterocycles. The molecule has 1 aromatic carbocycles. The lowest BCUT2D eigenvalue weighted by molar-refractivity contribution is -0.118. The van der Waals surface area contributed by atoms with Crippen LogP contribution in [-0.4, -0.2) is 43.8 Å². The lowest BCUT2D eigenvalue weighted by Gasteiger charge is -2.14. The van der Waals surface area contributed by atoms with Crippen molar-refractivity contribution in [2.24, 2.45) is 5.92 Å². The molecule has 1 N–H and O–H groups in total. The monoisotopic (exact) mass is 458 g/mol. The van der Waals surface area contributed by atoms with Crippen molar-refractivity contribution in [1.29, 1.82) is 0 Å². The second-order valence-corrected chi connectivity index (χ2v) is 8.76. The average Bonchev–Trinajstić information content (AvgIpc) is 3.58. The molecule has 9 heteroatoms. The van der Waals surface area contributed by atoms with Crippen molar-refractivity contribution in [1.82, 2.24) is 24.3 Å². The molecular weight excluding hydrogens is 432 g/mol. The minimum Gasteiger partial charge on any atom is -0.495 e. The summed E-state index contributed by atoms with van der Waals surface area (Å²) in [5, 5.41) is 12.6. The number of ketones is 1. The molecule has 0 saturated heterocycles. The van der Waals surface area contributed by atoms with Crippen LogP contribution in [0, 0.1) is 5.92 Å². The maximum Gasteiger partial charge on any atom is 0.264 e. The summed E-state index contributed by atoms with van der Waals surface area (Å²) in [6, 6.07) is 11.0. The van der Waals surface area contributed by atoms with Crippen molar-refractivity contribution in [2.45, 2.75) is 32.7 Å². The number of methoxy groups -OCH3 is 1. The Morgan fingerprint density at radius 3 is 2.79 bits per heavy atom. The molecule has 1 saturated carbocycles. The number of hydrogen-bond acceptors (Lipinski definition) is 7. The lowest BCUT2D eigenvalue weighted by Crippen LogP contribution is -2.20. The van der Waals surface area contributed by atoms with Crippen molar-refractivity contribution in [3.63, 3.8) is 0 Å². The van der Waals surface area contributed by atoms with E-state index in [2.05, 4.69) is 15.5 Å². The number of benzene rings is 1. The van der Waals surface area contributed by atoms with Crippen molar-refractivity contribution >= 4 is 22.2 Å². The van der Waals surface area contributed by atoms with Gasteiger partial charge in [-0.15, -0.1) is 10.2 Å². The van der Waals surface area contributed by atoms with E-state index in [1.54, 1.807) is 37.8 Å². The number of anilines is 1. The summed E-state index contributed by atoms with van der Waals surface area (Å²) in [6.45, 7) is 4.30. The highest BCUT2D eigenvalue weighted by atomic mass is 16.5. The third-order valence-electron chi connectivity index (χ3n) is 6.05. The van der Waals surface area contributed by atoms with Crippen molar-refractivity contribution in [3.8, 4) is 23.1 Å². The van der Waals surface area contributed by atoms with Gasteiger partial charge in [0.05, 0.1) is 19.3 Å². The molecule has 1 aliphatic rings. The smallest absolute Gasteiger partial charge is 0.264 e. The Hall–Kier alpha value is -4.01. The second-order valence-electron chi connectivity index (χ2n) is 8.76. The van der Waals surface area contributed by atoms with E-state index in [0.717, 1.165) is 18.2 Å². The van der Waals surface area contributed by atoms with E-state index < -0.39 is 0 Å². The molecule has 0 bridgehead atoms. The van der Waals surface area contributed by atoms with Crippen LogP contribution in [0.1, 0.15) is 32.7 Å². The molecule has 34 heavy (non-hydrogen) atoms. The maximum atomic E-state index is 13.5. The predicted octanol–water partition coefficient (Wildman–Crippen LogP) is 3.62. The second kappa shape index (κ2) is 8.74. The Kier molecular flexibility index (Phi) is 5.61. The third kappa shape index (κ3) is 4.05. The van der Waals surface area contributed by atoms with E-state index in [1.165, 1.54) is 4.57 Å². The molecule has 5 rings (SSSR count). The minimum atomic E-state index is -0.216. The predicted molar refractivity (Wildman–Crippen MR) is 130 cm³/mol. The van der Waals surface area contributed by atoms with E-state index in [-0.39, 0.29) is 29.8 Å². The SMILES string of the molecule is COc1cc2ccn(-c3cccc(-c4nncn4C(C)C)n3)c(=O)c2cc1NCC(=O)C1CC1. The number of ether oxygens (including phenoxy) is 1. The number of rotatable bonds is 8. The number of hydrogen-bond donors (Lipinski definition) is 1. The number of aromatic nitrogens is 5. The van der Waals surface area contributed by atoms with Crippen LogP contribution in [0.15, 0.2) is 53.7 Å². The van der Waals surface area contributed by atoms with Gasteiger partial charge in [-0.2, -0.15) is 0 Å². The molecule has 4 aromatic rings. The van der Waals surface area contributed by atoms with Crippen LogP contribution in [0.5, 0.6) is 5.75 Å². The highest BCUT2D eigenvalue weighted by Gasteiger charge is 2.29. The molecular formula is C25H26N6O3. The van der Waals surface area contributed by atoms with Gasteiger partial charge in [0, 0.05) is 23.5 Å². The number of carbonyl (C=O) groups is 1. The van der Waals surface area contributed by atoms with Crippen LogP contribution in [0.2, 0.25) is 0 Å². The average molecular weight is 459 g/mol. The van der Waals surface area contributed by atoms with Crippen molar-refractivity contribution < 1.29 is 9.53 Å². The van der Waals surface area contributed by atoms with E-state index in [1.807, 2.05) is 36.6 Å². The molecule has 174 valence electrons. The Morgan fingerprint density at radius 1 is 1.24 bits per heavy atom. The van der Waals surface area contributed by atoms with Gasteiger partial charge >= 0.3 is 0 Å². The summed E-state index contributed by atoms with van der Waals surface area (Å²) in [6.07, 6.45) is 5.29. The van der Waals surface area contributed by atoms with Gasteiger partial charge in [0.2, 0.25) is 0 Å². The van der Waals surface area contributed by atoms with Crippen molar-refractivity contribution in [3.05, 3.63) is 59.3 Å². The van der Waals surface area contributed by atoms with E-state index >= 15 is 0 Å². The normalized spacial score (nSPS) is 13.4. The van der Waals surface area contributed by atoms with Crippen LogP contribution < -0.4 is 15.6 Å². The number of nitrogens with one attached hydrogen (secondary N) is 1. The Balaban J connectivity index is 1.54. The quantitative estimate of drug-likeness (QED) is 0.430. The molecule has 0 radical (unpaired) electrons. The van der Waals surface area contributed by atoms with Gasteiger partial charge in [0.15, 0.2) is 11.6 Å². The van der Waals surface area contributed by atoms with Gasteiger partial charge < -0.3 is 14.6 Å². The molecule has 0 amide bonds. The van der Waals surface area contributed by atoms with Crippen LogP contribution in [0.3, 0.4) is 0 Å². The Morgan fingerprint density at radius 2 is 2.06 bits per heavy atom. The van der Waals surface area contributed by atoms with Gasteiger partial charge in [0.25, 0.3) is 5.56 Å². The summed E-state index contributed by atoms with van der Waals surface area (Å²) in [5.74, 6) is 2.06. The fourth-order valence-electron chi connectivity index (χ4n) is 3.98. The van der Waals surface area contributed by atoms with Crippen LogP contribution in [0.25, 0.3) is 28.1 Å². The van der Waals surface area contributed by atoms with E-state index in [0.29, 0.717) is 34.2 Å². The first-order chi connectivity index (χ1) is 16.5. The first kappa shape index (κ1) is 21.8. The number of fused-ring (bicyclic) bond motifs is 1.